The van der Waals surface area contributed by atoms with Gasteiger partial charge < -0.3 is 5.32 Å². The average Bonchev–Trinajstić information content (AvgIpc) is 2.70. The van der Waals surface area contributed by atoms with Crippen molar-refractivity contribution in [1.29, 1.82) is 0 Å². The molecule has 0 saturated heterocycles. The van der Waals surface area contributed by atoms with Gasteiger partial charge in [-0.25, -0.2) is 4.39 Å². The van der Waals surface area contributed by atoms with E-state index in [9.17, 15) is 4.39 Å². The largest absolute Gasteiger partial charge is 0.308 e. The first kappa shape index (κ1) is 13.2. The summed E-state index contributed by atoms with van der Waals surface area (Å²) in [5.74, 6) is -0.219. The Labute approximate surface area is 120 Å². The quantitative estimate of drug-likeness (QED) is 0.812. The Hall–Kier alpha value is -0.230. The molecular weight excluding hydrogens is 369 g/mol. The molecule has 0 amide bonds. The number of hydrogen-bond donors (Lipinski definition) is 1. The van der Waals surface area contributed by atoms with Gasteiger partial charge in [-0.15, -0.1) is 11.3 Å². The summed E-state index contributed by atoms with van der Waals surface area (Å²) >= 11 is 8.36. The predicted molar refractivity (Wildman–Crippen MR) is 76.7 cm³/mol. The highest BCUT2D eigenvalue weighted by Crippen LogP contribution is 2.21. The molecule has 0 bridgehead atoms. The van der Waals surface area contributed by atoms with E-state index in [1.165, 1.54) is 10.9 Å². The maximum absolute atomic E-state index is 13.3. The van der Waals surface area contributed by atoms with Gasteiger partial charge in [-0.05, 0) is 49.6 Å². The standard InChI is InChI=1S/C12H10Br2FNS/c13-9-4-10(17-7-9)6-16-5-8-2-1-3-11(15)12(8)14/h1-4,7,16H,5-6H2. The summed E-state index contributed by atoms with van der Waals surface area (Å²) in [6.45, 7) is 1.44. The second-order valence-electron chi connectivity index (χ2n) is 3.55. The molecule has 0 aliphatic carbocycles. The molecule has 2 rings (SSSR count). The van der Waals surface area contributed by atoms with Gasteiger partial charge in [0.15, 0.2) is 0 Å². The van der Waals surface area contributed by atoms with E-state index in [1.807, 2.05) is 6.07 Å². The Kier molecular flexibility index (Phi) is 4.73. The average molecular weight is 379 g/mol. The first-order valence-corrected chi connectivity index (χ1v) is 7.50. The fourth-order valence-electron chi connectivity index (χ4n) is 1.45. The number of halogens is 3. The van der Waals surface area contributed by atoms with Crippen molar-refractivity contribution >= 4 is 43.2 Å². The summed E-state index contributed by atoms with van der Waals surface area (Å²) in [4.78, 5) is 1.25. The lowest BCUT2D eigenvalue weighted by Crippen LogP contribution is -2.12. The SMILES string of the molecule is Fc1cccc(CNCc2cc(Br)cs2)c1Br. The third-order valence-corrected chi connectivity index (χ3v) is 4.85. The van der Waals surface area contributed by atoms with Crippen LogP contribution >= 0.6 is 43.2 Å². The summed E-state index contributed by atoms with van der Waals surface area (Å²) < 4.78 is 14.9. The maximum atomic E-state index is 13.3. The predicted octanol–water partition coefficient (Wildman–Crippen LogP) is 4.70. The third-order valence-electron chi connectivity index (χ3n) is 2.27. The van der Waals surface area contributed by atoms with Crippen LogP contribution < -0.4 is 5.32 Å². The Morgan fingerprint density at radius 1 is 1.24 bits per heavy atom. The molecule has 5 heteroatoms. The van der Waals surface area contributed by atoms with E-state index in [-0.39, 0.29) is 5.82 Å². The number of thiophene rings is 1. The van der Waals surface area contributed by atoms with Gasteiger partial charge in [0, 0.05) is 27.8 Å². The highest BCUT2D eigenvalue weighted by Gasteiger charge is 2.04. The van der Waals surface area contributed by atoms with Gasteiger partial charge in [-0.3, -0.25) is 0 Å². The summed E-state index contributed by atoms with van der Waals surface area (Å²) in [5.41, 5.74) is 0.931. The summed E-state index contributed by atoms with van der Waals surface area (Å²) in [5, 5.41) is 5.34. The van der Waals surface area contributed by atoms with Gasteiger partial charge in [-0.1, -0.05) is 12.1 Å². The van der Waals surface area contributed by atoms with Gasteiger partial charge in [-0.2, -0.15) is 0 Å². The summed E-state index contributed by atoms with van der Waals surface area (Å²) in [6.07, 6.45) is 0. The second kappa shape index (κ2) is 6.09. The van der Waals surface area contributed by atoms with Crippen molar-refractivity contribution in [3.63, 3.8) is 0 Å². The molecule has 0 spiro atoms. The molecule has 0 atom stereocenters. The highest BCUT2D eigenvalue weighted by molar-refractivity contribution is 9.10. The van der Waals surface area contributed by atoms with E-state index in [4.69, 9.17) is 0 Å². The summed E-state index contributed by atoms with van der Waals surface area (Å²) in [6, 6.07) is 7.16. The minimum atomic E-state index is -0.219. The zero-order valence-corrected chi connectivity index (χ0v) is 12.8. The van der Waals surface area contributed by atoms with Crippen LogP contribution in [0.4, 0.5) is 4.39 Å². The third kappa shape index (κ3) is 3.61. The van der Waals surface area contributed by atoms with Crippen molar-refractivity contribution in [1.82, 2.24) is 5.32 Å². The number of hydrogen-bond acceptors (Lipinski definition) is 2. The van der Waals surface area contributed by atoms with Gasteiger partial charge >= 0.3 is 0 Å². The molecule has 1 aromatic heterocycles. The molecule has 1 nitrogen and oxygen atoms in total. The Balaban J connectivity index is 1.92. The fourth-order valence-corrected chi connectivity index (χ4v) is 3.28. The number of benzene rings is 1. The second-order valence-corrected chi connectivity index (χ2v) is 6.25. The van der Waals surface area contributed by atoms with Gasteiger partial charge in [0.25, 0.3) is 0 Å². The van der Waals surface area contributed by atoms with Crippen molar-refractivity contribution in [2.45, 2.75) is 13.1 Å². The van der Waals surface area contributed by atoms with Crippen molar-refractivity contribution in [2.24, 2.45) is 0 Å². The maximum Gasteiger partial charge on any atom is 0.137 e. The van der Waals surface area contributed by atoms with E-state index >= 15 is 0 Å². The highest BCUT2D eigenvalue weighted by atomic mass is 79.9. The zero-order valence-electron chi connectivity index (χ0n) is 8.84. The Morgan fingerprint density at radius 3 is 2.76 bits per heavy atom. The first-order chi connectivity index (χ1) is 8.16. The molecule has 1 heterocycles. The summed E-state index contributed by atoms with van der Waals surface area (Å²) in [7, 11) is 0. The van der Waals surface area contributed by atoms with Crippen molar-refractivity contribution in [2.75, 3.05) is 0 Å². The van der Waals surface area contributed by atoms with Gasteiger partial charge in [0.05, 0.1) is 4.47 Å². The molecule has 0 fully saturated rings. The fraction of sp³-hybridized carbons (Fsp3) is 0.167. The molecule has 1 N–H and O–H groups in total. The lowest BCUT2D eigenvalue weighted by atomic mass is 10.2. The number of rotatable bonds is 4. The molecule has 0 unspecified atom stereocenters. The molecule has 0 aliphatic heterocycles. The van der Waals surface area contributed by atoms with E-state index < -0.39 is 0 Å². The van der Waals surface area contributed by atoms with E-state index in [0.29, 0.717) is 11.0 Å². The van der Waals surface area contributed by atoms with Crippen LogP contribution in [0.15, 0.2) is 38.6 Å². The van der Waals surface area contributed by atoms with Gasteiger partial charge in [0.1, 0.15) is 5.82 Å². The zero-order chi connectivity index (χ0) is 12.3. The van der Waals surface area contributed by atoms with Crippen LogP contribution in [0.5, 0.6) is 0 Å². The molecule has 90 valence electrons. The van der Waals surface area contributed by atoms with Crippen LogP contribution in [0.1, 0.15) is 10.4 Å². The minimum absolute atomic E-state index is 0.219. The lowest BCUT2D eigenvalue weighted by molar-refractivity contribution is 0.612. The van der Waals surface area contributed by atoms with Crippen molar-refractivity contribution in [3.8, 4) is 0 Å². The number of nitrogens with one attached hydrogen (secondary N) is 1. The van der Waals surface area contributed by atoms with E-state index in [2.05, 4.69) is 48.6 Å². The topological polar surface area (TPSA) is 12.0 Å². The van der Waals surface area contributed by atoms with Crippen LogP contribution in [-0.4, -0.2) is 0 Å². The van der Waals surface area contributed by atoms with E-state index in [0.717, 1.165) is 16.6 Å². The minimum Gasteiger partial charge on any atom is -0.308 e. The van der Waals surface area contributed by atoms with Gasteiger partial charge in [0.2, 0.25) is 0 Å². The molecule has 0 saturated carbocycles. The van der Waals surface area contributed by atoms with Crippen LogP contribution in [0.2, 0.25) is 0 Å². The Bertz CT molecular complexity index is 513. The normalized spacial score (nSPS) is 10.8. The van der Waals surface area contributed by atoms with Crippen LogP contribution in [0, 0.1) is 5.82 Å². The molecule has 1 aromatic carbocycles. The molecule has 0 aliphatic rings. The molecule has 2 aromatic rings. The van der Waals surface area contributed by atoms with E-state index in [1.54, 1.807) is 17.4 Å². The van der Waals surface area contributed by atoms with Crippen LogP contribution in [0.25, 0.3) is 0 Å². The molecule has 0 radical (unpaired) electrons. The van der Waals surface area contributed by atoms with Crippen LogP contribution in [-0.2, 0) is 13.1 Å². The monoisotopic (exact) mass is 377 g/mol. The van der Waals surface area contributed by atoms with Crippen LogP contribution in [0.3, 0.4) is 0 Å². The van der Waals surface area contributed by atoms with Crippen molar-refractivity contribution < 1.29 is 4.39 Å². The lowest BCUT2D eigenvalue weighted by Gasteiger charge is -2.06. The smallest absolute Gasteiger partial charge is 0.137 e. The molecular formula is C12H10Br2FNS. The molecule has 17 heavy (non-hydrogen) atoms. The first-order valence-electron chi connectivity index (χ1n) is 5.03. The Morgan fingerprint density at radius 2 is 2.06 bits per heavy atom. The van der Waals surface area contributed by atoms with Crippen molar-refractivity contribution in [3.05, 3.63) is 54.8 Å².